The van der Waals surface area contributed by atoms with Gasteiger partial charge in [-0.25, -0.2) is 0 Å². The molecule has 17 heavy (non-hydrogen) atoms. The van der Waals surface area contributed by atoms with Crippen LogP contribution in [0.15, 0.2) is 30.9 Å². The van der Waals surface area contributed by atoms with Gasteiger partial charge in [0.2, 0.25) is 0 Å². The standard InChI is InChI=1S/C12H13ClF3N/c1-2-3-4-7-17-9-5-6-11(13)10(8-9)12(14,15)16/h2,5-6,8,17H,1,3-4,7H2. The lowest BCUT2D eigenvalue weighted by Gasteiger charge is -2.12. The van der Waals surface area contributed by atoms with Crippen LogP contribution in [0.2, 0.25) is 5.02 Å². The number of hydrogen-bond acceptors (Lipinski definition) is 1. The number of halogens is 4. The Hall–Kier alpha value is -1.16. The molecule has 0 fully saturated rings. The van der Waals surface area contributed by atoms with Gasteiger partial charge < -0.3 is 5.32 Å². The molecule has 0 bridgehead atoms. The molecule has 1 nitrogen and oxygen atoms in total. The maximum absolute atomic E-state index is 12.5. The molecule has 1 aromatic carbocycles. The molecule has 0 aliphatic rings. The van der Waals surface area contributed by atoms with Crippen molar-refractivity contribution in [2.24, 2.45) is 0 Å². The van der Waals surface area contributed by atoms with E-state index in [0.717, 1.165) is 18.9 Å². The Balaban J connectivity index is 2.72. The Morgan fingerprint density at radius 2 is 2.06 bits per heavy atom. The molecular weight excluding hydrogens is 251 g/mol. The molecule has 0 aliphatic carbocycles. The van der Waals surface area contributed by atoms with E-state index in [2.05, 4.69) is 11.9 Å². The van der Waals surface area contributed by atoms with Crippen LogP contribution in [0, 0.1) is 0 Å². The Kier molecular flexibility index (Phi) is 4.87. The third-order valence-electron chi connectivity index (χ3n) is 2.19. The summed E-state index contributed by atoms with van der Waals surface area (Å²) in [6.45, 7) is 4.17. The second-order valence-electron chi connectivity index (χ2n) is 3.55. The minimum Gasteiger partial charge on any atom is -0.385 e. The maximum Gasteiger partial charge on any atom is 0.417 e. The van der Waals surface area contributed by atoms with Gasteiger partial charge in [-0.2, -0.15) is 13.2 Å². The van der Waals surface area contributed by atoms with Gasteiger partial charge in [0.1, 0.15) is 0 Å². The van der Waals surface area contributed by atoms with Crippen LogP contribution in [-0.2, 0) is 6.18 Å². The van der Waals surface area contributed by atoms with Crippen LogP contribution in [0.25, 0.3) is 0 Å². The van der Waals surface area contributed by atoms with Crippen molar-refractivity contribution >= 4 is 17.3 Å². The van der Waals surface area contributed by atoms with Crippen LogP contribution < -0.4 is 5.32 Å². The van der Waals surface area contributed by atoms with Crippen molar-refractivity contribution < 1.29 is 13.2 Å². The van der Waals surface area contributed by atoms with Crippen LogP contribution in [-0.4, -0.2) is 6.54 Å². The predicted octanol–water partition coefficient (Wildman–Crippen LogP) is 4.74. The molecule has 0 radical (unpaired) electrons. The molecule has 1 rings (SSSR count). The number of alkyl halides is 3. The van der Waals surface area contributed by atoms with Gasteiger partial charge in [0, 0.05) is 12.2 Å². The Morgan fingerprint density at radius 1 is 1.35 bits per heavy atom. The molecule has 0 atom stereocenters. The number of unbranched alkanes of at least 4 members (excludes halogenated alkanes) is 1. The van der Waals surface area contributed by atoms with Gasteiger partial charge in [0.25, 0.3) is 0 Å². The molecule has 0 heterocycles. The predicted molar refractivity (Wildman–Crippen MR) is 64.4 cm³/mol. The highest BCUT2D eigenvalue weighted by atomic mass is 35.5. The first-order chi connectivity index (χ1) is 7.95. The molecule has 0 unspecified atom stereocenters. The van der Waals surface area contributed by atoms with Crippen LogP contribution >= 0.6 is 11.6 Å². The molecule has 1 N–H and O–H groups in total. The van der Waals surface area contributed by atoms with Gasteiger partial charge in [-0.3, -0.25) is 0 Å². The van der Waals surface area contributed by atoms with E-state index in [1.54, 1.807) is 6.08 Å². The average molecular weight is 264 g/mol. The van der Waals surface area contributed by atoms with E-state index in [-0.39, 0.29) is 5.02 Å². The number of allylic oxidation sites excluding steroid dienone is 1. The first kappa shape index (κ1) is 13.9. The highest BCUT2D eigenvalue weighted by Crippen LogP contribution is 2.36. The number of benzene rings is 1. The second kappa shape index (κ2) is 5.96. The van der Waals surface area contributed by atoms with Crippen molar-refractivity contribution in [2.75, 3.05) is 11.9 Å². The summed E-state index contributed by atoms with van der Waals surface area (Å²) in [5.74, 6) is 0. The van der Waals surface area contributed by atoms with Gasteiger partial charge in [0.05, 0.1) is 10.6 Å². The van der Waals surface area contributed by atoms with E-state index < -0.39 is 11.7 Å². The fourth-order valence-electron chi connectivity index (χ4n) is 1.33. The van der Waals surface area contributed by atoms with Gasteiger partial charge in [0.15, 0.2) is 0 Å². The minimum atomic E-state index is -4.42. The summed E-state index contributed by atoms with van der Waals surface area (Å²) < 4.78 is 37.6. The Morgan fingerprint density at radius 3 is 2.65 bits per heavy atom. The number of nitrogens with one attached hydrogen (secondary N) is 1. The molecule has 0 saturated heterocycles. The summed E-state index contributed by atoms with van der Waals surface area (Å²) >= 11 is 5.50. The molecule has 0 amide bonds. The van der Waals surface area contributed by atoms with Crippen LogP contribution in [0.4, 0.5) is 18.9 Å². The molecule has 0 aliphatic heterocycles. The van der Waals surface area contributed by atoms with Crippen LogP contribution in [0.1, 0.15) is 18.4 Å². The fourth-order valence-corrected chi connectivity index (χ4v) is 1.56. The van der Waals surface area contributed by atoms with E-state index in [1.165, 1.54) is 12.1 Å². The average Bonchev–Trinajstić information content (AvgIpc) is 2.25. The number of rotatable bonds is 5. The third-order valence-corrected chi connectivity index (χ3v) is 2.52. The van der Waals surface area contributed by atoms with Crippen molar-refractivity contribution in [3.05, 3.63) is 41.4 Å². The quantitative estimate of drug-likeness (QED) is 0.598. The van der Waals surface area contributed by atoms with E-state index >= 15 is 0 Å². The van der Waals surface area contributed by atoms with E-state index in [9.17, 15) is 13.2 Å². The third kappa shape index (κ3) is 4.30. The lowest BCUT2D eigenvalue weighted by Crippen LogP contribution is -2.08. The zero-order chi connectivity index (χ0) is 12.9. The fraction of sp³-hybridized carbons (Fsp3) is 0.333. The lowest BCUT2D eigenvalue weighted by atomic mass is 10.2. The van der Waals surface area contributed by atoms with Gasteiger partial charge >= 0.3 is 6.18 Å². The summed E-state index contributed by atoms with van der Waals surface area (Å²) in [5.41, 5.74) is -0.390. The van der Waals surface area contributed by atoms with Crippen LogP contribution in [0.5, 0.6) is 0 Å². The molecule has 0 saturated carbocycles. The molecule has 5 heteroatoms. The van der Waals surface area contributed by atoms with Gasteiger partial charge in [-0.1, -0.05) is 17.7 Å². The molecular formula is C12H13ClF3N. The first-order valence-electron chi connectivity index (χ1n) is 5.16. The first-order valence-corrected chi connectivity index (χ1v) is 5.54. The van der Waals surface area contributed by atoms with Crippen molar-refractivity contribution in [1.29, 1.82) is 0 Å². The second-order valence-corrected chi connectivity index (χ2v) is 3.96. The van der Waals surface area contributed by atoms with Gasteiger partial charge in [-0.15, -0.1) is 6.58 Å². The zero-order valence-corrected chi connectivity index (χ0v) is 9.91. The zero-order valence-electron chi connectivity index (χ0n) is 9.15. The van der Waals surface area contributed by atoms with E-state index in [1.807, 2.05) is 0 Å². The highest BCUT2D eigenvalue weighted by molar-refractivity contribution is 6.31. The maximum atomic E-state index is 12.5. The summed E-state index contributed by atoms with van der Waals surface area (Å²) in [5, 5.41) is 2.63. The summed E-state index contributed by atoms with van der Waals surface area (Å²) in [7, 11) is 0. The van der Waals surface area contributed by atoms with Crippen molar-refractivity contribution in [3.8, 4) is 0 Å². The van der Waals surface area contributed by atoms with Gasteiger partial charge in [-0.05, 0) is 31.0 Å². The lowest BCUT2D eigenvalue weighted by molar-refractivity contribution is -0.137. The topological polar surface area (TPSA) is 12.0 Å². The number of hydrogen-bond donors (Lipinski definition) is 1. The summed E-state index contributed by atoms with van der Waals surface area (Å²) in [6, 6.07) is 3.81. The number of anilines is 1. The SMILES string of the molecule is C=CCCCNc1ccc(Cl)c(C(F)(F)F)c1. The Bertz CT molecular complexity index is 388. The normalized spacial score (nSPS) is 11.3. The molecule has 94 valence electrons. The van der Waals surface area contributed by atoms with Crippen molar-refractivity contribution in [2.45, 2.75) is 19.0 Å². The van der Waals surface area contributed by atoms with E-state index in [4.69, 9.17) is 11.6 Å². The summed E-state index contributed by atoms with van der Waals surface area (Å²) in [4.78, 5) is 0. The van der Waals surface area contributed by atoms with Crippen molar-refractivity contribution in [1.82, 2.24) is 0 Å². The molecule has 0 spiro atoms. The molecule has 1 aromatic rings. The summed E-state index contributed by atoms with van der Waals surface area (Å²) in [6.07, 6.45) is -0.999. The van der Waals surface area contributed by atoms with E-state index in [0.29, 0.717) is 12.2 Å². The monoisotopic (exact) mass is 263 g/mol. The smallest absolute Gasteiger partial charge is 0.385 e. The highest BCUT2D eigenvalue weighted by Gasteiger charge is 2.33. The molecule has 0 aromatic heterocycles. The van der Waals surface area contributed by atoms with Crippen molar-refractivity contribution in [3.63, 3.8) is 0 Å². The van der Waals surface area contributed by atoms with Crippen LogP contribution in [0.3, 0.4) is 0 Å². The minimum absolute atomic E-state index is 0.283. The largest absolute Gasteiger partial charge is 0.417 e. The Labute approximate surface area is 103 Å².